The zero-order valence-corrected chi connectivity index (χ0v) is 14.7. The SMILES string of the molecule is CNCC1CCN(C(=O)C(c2ccccc2)C(C)C)CC1.Cl. The van der Waals surface area contributed by atoms with Crippen molar-refractivity contribution in [3.8, 4) is 0 Å². The molecule has 0 radical (unpaired) electrons. The Kier molecular flexibility index (Phi) is 7.91. The van der Waals surface area contributed by atoms with Gasteiger partial charge in [-0.2, -0.15) is 0 Å². The van der Waals surface area contributed by atoms with Gasteiger partial charge in [0.15, 0.2) is 0 Å². The van der Waals surface area contributed by atoms with E-state index >= 15 is 0 Å². The summed E-state index contributed by atoms with van der Waals surface area (Å²) in [5.41, 5.74) is 1.15. The lowest BCUT2D eigenvalue weighted by Crippen LogP contribution is -2.43. The van der Waals surface area contributed by atoms with Crippen LogP contribution in [0.3, 0.4) is 0 Å². The number of carbonyl (C=O) groups is 1. The Bertz CT molecular complexity index is 442. The van der Waals surface area contributed by atoms with Crippen LogP contribution in [0.2, 0.25) is 0 Å². The third kappa shape index (κ3) is 4.72. The summed E-state index contributed by atoms with van der Waals surface area (Å²) in [4.78, 5) is 15.0. The Balaban J connectivity index is 0.00000242. The van der Waals surface area contributed by atoms with E-state index < -0.39 is 0 Å². The van der Waals surface area contributed by atoms with Crippen molar-refractivity contribution in [1.82, 2.24) is 10.2 Å². The maximum atomic E-state index is 12.9. The van der Waals surface area contributed by atoms with Crippen LogP contribution in [0.5, 0.6) is 0 Å². The lowest BCUT2D eigenvalue weighted by molar-refractivity contribution is -0.135. The molecule has 0 aliphatic carbocycles. The van der Waals surface area contributed by atoms with Crippen LogP contribution in [0.4, 0.5) is 0 Å². The lowest BCUT2D eigenvalue weighted by atomic mass is 9.86. The molecule has 0 spiro atoms. The molecule has 4 heteroatoms. The summed E-state index contributed by atoms with van der Waals surface area (Å²) in [6.07, 6.45) is 2.23. The highest BCUT2D eigenvalue weighted by atomic mass is 35.5. The Labute approximate surface area is 140 Å². The van der Waals surface area contributed by atoms with Crippen LogP contribution in [0.15, 0.2) is 30.3 Å². The first-order valence-corrected chi connectivity index (χ1v) is 8.11. The highest BCUT2D eigenvalue weighted by Crippen LogP contribution is 2.28. The van der Waals surface area contributed by atoms with Crippen LogP contribution in [0.1, 0.15) is 38.2 Å². The third-order valence-corrected chi connectivity index (χ3v) is 4.51. The molecule has 0 bridgehead atoms. The second kappa shape index (κ2) is 9.16. The van der Waals surface area contributed by atoms with Gasteiger partial charge in [-0.3, -0.25) is 4.79 Å². The van der Waals surface area contributed by atoms with Crippen LogP contribution in [-0.4, -0.2) is 37.5 Å². The minimum absolute atomic E-state index is 0. The molecule has 124 valence electrons. The minimum atomic E-state index is -0.00736. The second-order valence-electron chi connectivity index (χ2n) is 6.46. The summed E-state index contributed by atoms with van der Waals surface area (Å²) in [5, 5.41) is 3.24. The highest BCUT2D eigenvalue weighted by molar-refractivity contribution is 5.85. The van der Waals surface area contributed by atoms with Gasteiger partial charge in [0, 0.05) is 13.1 Å². The Morgan fingerprint density at radius 1 is 1.23 bits per heavy atom. The average molecular weight is 325 g/mol. The zero-order valence-electron chi connectivity index (χ0n) is 13.9. The molecule has 1 unspecified atom stereocenters. The highest BCUT2D eigenvalue weighted by Gasteiger charge is 2.30. The number of hydrogen-bond acceptors (Lipinski definition) is 2. The van der Waals surface area contributed by atoms with E-state index in [9.17, 15) is 4.79 Å². The van der Waals surface area contributed by atoms with E-state index in [1.165, 1.54) is 0 Å². The Morgan fingerprint density at radius 2 is 1.82 bits per heavy atom. The van der Waals surface area contributed by atoms with E-state index in [1.807, 2.05) is 25.2 Å². The number of piperidine rings is 1. The molecule has 1 aromatic carbocycles. The second-order valence-corrected chi connectivity index (χ2v) is 6.46. The molecule has 1 heterocycles. The van der Waals surface area contributed by atoms with E-state index in [1.54, 1.807) is 0 Å². The molecular weight excluding hydrogens is 296 g/mol. The van der Waals surface area contributed by atoms with Crippen molar-refractivity contribution in [1.29, 1.82) is 0 Å². The van der Waals surface area contributed by atoms with Crippen LogP contribution in [0, 0.1) is 11.8 Å². The van der Waals surface area contributed by atoms with E-state index in [-0.39, 0.29) is 18.3 Å². The first-order chi connectivity index (χ1) is 10.1. The monoisotopic (exact) mass is 324 g/mol. The Hall–Kier alpha value is -1.06. The molecule has 1 saturated heterocycles. The number of likely N-dealkylation sites (tertiary alicyclic amines) is 1. The quantitative estimate of drug-likeness (QED) is 0.901. The van der Waals surface area contributed by atoms with Gasteiger partial charge in [-0.1, -0.05) is 44.2 Å². The first kappa shape index (κ1) is 19.0. The number of amides is 1. The van der Waals surface area contributed by atoms with Crippen LogP contribution in [-0.2, 0) is 4.79 Å². The molecular formula is C18H29ClN2O. The fourth-order valence-electron chi connectivity index (χ4n) is 3.32. The third-order valence-electron chi connectivity index (χ3n) is 4.51. The number of halogens is 1. The van der Waals surface area contributed by atoms with Gasteiger partial charge < -0.3 is 10.2 Å². The van der Waals surface area contributed by atoms with Crippen molar-refractivity contribution in [3.63, 3.8) is 0 Å². The zero-order chi connectivity index (χ0) is 15.2. The molecule has 2 rings (SSSR count). The molecule has 22 heavy (non-hydrogen) atoms. The molecule has 1 aliphatic heterocycles. The lowest BCUT2D eigenvalue weighted by Gasteiger charge is -2.35. The number of rotatable bonds is 5. The van der Waals surface area contributed by atoms with Gasteiger partial charge in [-0.05, 0) is 43.8 Å². The van der Waals surface area contributed by atoms with Gasteiger partial charge in [0.25, 0.3) is 0 Å². The Morgan fingerprint density at radius 3 is 2.32 bits per heavy atom. The summed E-state index contributed by atoms with van der Waals surface area (Å²) >= 11 is 0. The molecule has 0 aromatic heterocycles. The maximum absolute atomic E-state index is 12.9. The molecule has 1 aliphatic rings. The summed E-state index contributed by atoms with van der Waals surface area (Å²) in [6.45, 7) is 7.16. The van der Waals surface area contributed by atoms with Crippen molar-refractivity contribution >= 4 is 18.3 Å². The summed E-state index contributed by atoms with van der Waals surface area (Å²) < 4.78 is 0. The standard InChI is InChI=1S/C18H28N2O.ClH/c1-14(2)17(16-7-5-4-6-8-16)18(21)20-11-9-15(10-12-20)13-19-3;/h4-8,14-15,17,19H,9-13H2,1-3H3;1H. The summed E-state index contributed by atoms with van der Waals surface area (Å²) in [5.74, 6) is 1.34. The van der Waals surface area contributed by atoms with Gasteiger partial charge >= 0.3 is 0 Å². The van der Waals surface area contributed by atoms with Gasteiger partial charge in [-0.15, -0.1) is 12.4 Å². The van der Waals surface area contributed by atoms with Gasteiger partial charge in [0.05, 0.1) is 5.92 Å². The summed E-state index contributed by atoms with van der Waals surface area (Å²) in [7, 11) is 2.00. The molecule has 0 saturated carbocycles. The molecule has 1 atom stereocenters. The molecule has 1 aromatic rings. The largest absolute Gasteiger partial charge is 0.342 e. The molecule has 1 N–H and O–H groups in total. The van der Waals surface area contributed by atoms with E-state index in [0.717, 1.165) is 38.0 Å². The van der Waals surface area contributed by atoms with Crippen molar-refractivity contribution in [2.45, 2.75) is 32.6 Å². The van der Waals surface area contributed by atoms with Crippen molar-refractivity contribution in [3.05, 3.63) is 35.9 Å². The minimum Gasteiger partial charge on any atom is -0.342 e. The van der Waals surface area contributed by atoms with Crippen molar-refractivity contribution < 1.29 is 4.79 Å². The van der Waals surface area contributed by atoms with Crippen LogP contribution in [0.25, 0.3) is 0 Å². The first-order valence-electron chi connectivity index (χ1n) is 8.11. The molecule has 1 fully saturated rings. The topological polar surface area (TPSA) is 32.3 Å². The fourth-order valence-corrected chi connectivity index (χ4v) is 3.32. The van der Waals surface area contributed by atoms with E-state index in [0.29, 0.717) is 17.7 Å². The van der Waals surface area contributed by atoms with E-state index in [4.69, 9.17) is 0 Å². The summed E-state index contributed by atoms with van der Waals surface area (Å²) in [6, 6.07) is 10.2. The smallest absolute Gasteiger partial charge is 0.230 e. The number of hydrogen-bond donors (Lipinski definition) is 1. The number of nitrogens with zero attached hydrogens (tertiary/aromatic N) is 1. The van der Waals surface area contributed by atoms with Crippen LogP contribution < -0.4 is 5.32 Å². The van der Waals surface area contributed by atoms with Crippen molar-refractivity contribution in [2.24, 2.45) is 11.8 Å². The maximum Gasteiger partial charge on any atom is 0.230 e. The van der Waals surface area contributed by atoms with Crippen LogP contribution >= 0.6 is 12.4 Å². The van der Waals surface area contributed by atoms with Gasteiger partial charge in [-0.25, -0.2) is 0 Å². The predicted octanol–water partition coefficient (Wildman–Crippen LogP) is 3.31. The molecule has 1 amide bonds. The molecule has 3 nitrogen and oxygen atoms in total. The van der Waals surface area contributed by atoms with E-state index in [2.05, 4.69) is 36.2 Å². The van der Waals surface area contributed by atoms with Gasteiger partial charge in [0.1, 0.15) is 0 Å². The fraction of sp³-hybridized carbons (Fsp3) is 0.611. The number of benzene rings is 1. The van der Waals surface area contributed by atoms with Gasteiger partial charge in [0.2, 0.25) is 5.91 Å². The van der Waals surface area contributed by atoms with Crippen molar-refractivity contribution in [2.75, 3.05) is 26.7 Å². The average Bonchev–Trinajstić information content (AvgIpc) is 2.49. The predicted molar refractivity (Wildman–Crippen MR) is 94.5 cm³/mol. The number of nitrogens with one attached hydrogen (secondary N) is 1. The number of carbonyl (C=O) groups excluding carboxylic acids is 1. The normalized spacial score (nSPS) is 17.2.